The first-order valence-corrected chi connectivity index (χ1v) is 9.66. The number of carbonyl (C=O) groups excluding carboxylic acids is 3. The number of anilines is 1. The van der Waals surface area contributed by atoms with E-state index in [1.165, 1.54) is 0 Å². The number of Topliss-reactive ketones (excluding diaryl/α,β-unsaturated/α-hetero) is 1. The number of nitrogens with zero attached hydrogens (tertiary/aromatic N) is 2. The Labute approximate surface area is 159 Å². The van der Waals surface area contributed by atoms with Crippen molar-refractivity contribution in [2.24, 2.45) is 11.8 Å². The molecule has 2 fully saturated rings. The Kier molecular flexibility index (Phi) is 5.90. The van der Waals surface area contributed by atoms with Crippen molar-refractivity contribution in [1.82, 2.24) is 4.90 Å². The molecule has 27 heavy (non-hydrogen) atoms. The van der Waals surface area contributed by atoms with Crippen LogP contribution in [0.5, 0.6) is 0 Å². The van der Waals surface area contributed by atoms with Gasteiger partial charge in [-0.15, -0.1) is 0 Å². The van der Waals surface area contributed by atoms with Crippen molar-refractivity contribution in [3.05, 3.63) is 29.8 Å². The molecule has 0 unspecified atom stereocenters. The van der Waals surface area contributed by atoms with Gasteiger partial charge in [0.25, 0.3) is 0 Å². The molecule has 2 aliphatic rings. The van der Waals surface area contributed by atoms with Crippen LogP contribution in [-0.2, 0) is 20.8 Å². The largest absolute Gasteiger partial charge is 0.339 e. The third-order valence-corrected chi connectivity index (χ3v) is 5.63. The van der Waals surface area contributed by atoms with Gasteiger partial charge in [-0.25, -0.2) is 0 Å². The van der Waals surface area contributed by atoms with Crippen LogP contribution in [0, 0.1) is 23.2 Å². The molecular formula is C21H25N3O3. The van der Waals surface area contributed by atoms with E-state index in [1.54, 1.807) is 17.0 Å². The zero-order valence-corrected chi connectivity index (χ0v) is 15.6. The van der Waals surface area contributed by atoms with Crippen molar-refractivity contribution >= 4 is 23.3 Å². The van der Waals surface area contributed by atoms with E-state index >= 15 is 0 Å². The van der Waals surface area contributed by atoms with Crippen LogP contribution in [0.3, 0.4) is 0 Å². The van der Waals surface area contributed by atoms with E-state index in [4.69, 9.17) is 0 Å². The van der Waals surface area contributed by atoms with Crippen molar-refractivity contribution in [3.63, 3.8) is 0 Å². The third-order valence-electron chi connectivity index (χ3n) is 5.63. The molecule has 1 aromatic carbocycles. The lowest BCUT2D eigenvalue weighted by atomic mass is 9.92. The molecule has 2 amide bonds. The number of rotatable bonds is 6. The summed E-state index contributed by atoms with van der Waals surface area (Å²) in [4.78, 5) is 39.3. The van der Waals surface area contributed by atoms with Crippen LogP contribution in [0.1, 0.15) is 44.6 Å². The molecule has 142 valence electrons. The van der Waals surface area contributed by atoms with Crippen molar-refractivity contribution in [1.29, 1.82) is 5.26 Å². The van der Waals surface area contributed by atoms with Gasteiger partial charge in [-0.2, -0.15) is 5.26 Å². The quantitative estimate of drug-likeness (QED) is 0.783. The highest BCUT2D eigenvalue weighted by molar-refractivity contribution is 6.11. The first-order valence-electron chi connectivity index (χ1n) is 9.66. The Morgan fingerprint density at radius 1 is 1.26 bits per heavy atom. The van der Waals surface area contributed by atoms with Crippen LogP contribution in [0.25, 0.3) is 0 Å². The Morgan fingerprint density at radius 3 is 2.52 bits per heavy atom. The summed E-state index contributed by atoms with van der Waals surface area (Å²) >= 11 is 0. The first kappa shape index (κ1) is 19.1. The summed E-state index contributed by atoms with van der Waals surface area (Å²) < 4.78 is 0. The summed E-state index contributed by atoms with van der Waals surface area (Å²) in [6.07, 6.45) is 5.15. The maximum Gasteiger partial charge on any atom is 0.249 e. The molecule has 6 nitrogen and oxygen atoms in total. The summed E-state index contributed by atoms with van der Waals surface area (Å²) in [5, 5.41) is 12.0. The molecule has 1 aliphatic heterocycles. The predicted molar refractivity (Wildman–Crippen MR) is 101 cm³/mol. The highest BCUT2D eigenvalue weighted by Crippen LogP contribution is 2.31. The molecule has 1 aliphatic carbocycles. The number of hydrogen-bond acceptors (Lipinski definition) is 4. The fourth-order valence-corrected chi connectivity index (χ4v) is 4.02. The monoisotopic (exact) mass is 367 g/mol. The number of benzene rings is 1. The zero-order chi connectivity index (χ0) is 19.4. The number of carbonyl (C=O) groups is 3. The molecular weight excluding hydrogens is 342 g/mol. The van der Waals surface area contributed by atoms with E-state index in [9.17, 15) is 19.6 Å². The summed E-state index contributed by atoms with van der Waals surface area (Å²) in [5.41, 5.74) is 1.69. The van der Waals surface area contributed by atoms with Gasteiger partial charge >= 0.3 is 0 Å². The molecule has 0 bridgehead atoms. The van der Waals surface area contributed by atoms with Crippen molar-refractivity contribution in [3.8, 4) is 6.07 Å². The number of aryl methyl sites for hydroxylation is 1. The second-order valence-electron chi connectivity index (χ2n) is 7.39. The van der Waals surface area contributed by atoms with E-state index in [2.05, 4.69) is 5.32 Å². The third kappa shape index (κ3) is 4.19. The van der Waals surface area contributed by atoms with Crippen molar-refractivity contribution in [2.45, 2.75) is 51.5 Å². The average Bonchev–Trinajstić information content (AvgIpc) is 3.32. The van der Waals surface area contributed by atoms with E-state index < -0.39 is 23.5 Å². The van der Waals surface area contributed by atoms with E-state index in [0.717, 1.165) is 37.7 Å². The fourth-order valence-electron chi connectivity index (χ4n) is 4.02. The smallest absolute Gasteiger partial charge is 0.249 e. The normalized spacial score (nSPS) is 21.1. The number of nitriles is 1. The SMILES string of the molecule is CCc1ccc(NC(=O)[C@@H](C#N)C(=O)[C@H]2CC(=O)N(C3CCCC3)C2)cc1. The number of amides is 2. The minimum Gasteiger partial charge on any atom is -0.339 e. The molecule has 3 rings (SSSR count). The molecule has 1 saturated heterocycles. The highest BCUT2D eigenvalue weighted by atomic mass is 16.2. The summed E-state index contributed by atoms with van der Waals surface area (Å²) in [6.45, 7) is 2.37. The summed E-state index contributed by atoms with van der Waals surface area (Å²) in [6, 6.07) is 9.35. The van der Waals surface area contributed by atoms with Gasteiger partial charge in [0.1, 0.15) is 0 Å². The lowest BCUT2D eigenvalue weighted by molar-refractivity contribution is -0.132. The maximum atomic E-state index is 12.8. The second kappa shape index (κ2) is 8.34. The van der Waals surface area contributed by atoms with Crippen molar-refractivity contribution in [2.75, 3.05) is 11.9 Å². The van der Waals surface area contributed by atoms with Gasteiger partial charge in [0, 0.05) is 30.6 Å². The van der Waals surface area contributed by atoms with Gasteiger partial charge in [0.05, 0.1) is 6.07 Å². The van der Waals surface area contributed by atoms with Crippen LogP contribution in [0.15, 0.2) is 24.3 Å². The van der Waals surface area contributed by atoms with Crippen LogP contribution >= 0.6 is 0 Å². The molecule has 6 heteroatoms. The Bertz CT molecular complexity index is 760. The van der Waals surface area contributed by atoms with Gasteiger partial charge < -0.3 is 10.2 Å². The number of ketones is 1. The molecule has 1 heterocycles. The first-order chi connectivity index (χ1) is 13.0. The van der Waals surface area contributed by atoms with Gasteiger partial charge in [0.2, 0.25) is 11.8 Å². The van der Waals surface area contributed by atoms with Gasteiger partial charge in [-0.1, -0.05) is 31.9 Å². The lowest BCUT2D eigenvalue weighted by Gasteiger charge is -2.24. The molecule has 0 radical (unpaired) electrons. The second-order valence-corrected chi connectivity index (χ2v) is 7.39. The lowest BCUT2D eigenvalue weighted by Crippen LogP contribution is -2.37. The Balaban J connectivity index is 1.63. The summed E-state index contributed by atoms with van der Waals surface area (Å²) in [7, 11) is 0. The fraction of sp³-hybridized carbons (Fsp3) is 0.524. The molecule has 1 aromatic rings. The average molecular weight is 367 g/mol. The Hall–Kier alpha value is -2.68. The van der Waals surface area contributed by atoms with Gasteiger partial charge in [-0.05, 0) is 37.0 Å². The van der Waals surface area contributed by atoms with Gasteiger partial charge in [-0.3, -0.25) is 14.4 Å². The van der Waals surface area contributed by atoms with Crippen LogP contribution in [0.4, 0.5) is 5.69 Å². The van der Waals surface area contributed by atoms with Crippen molar-refractivity contribution < 1.29 is 14.4 Å². The zero-order valence-electron chi connectivity index (χ0n) is 15.6. The molecule has 0 aromatic heterocycles. The molecule has 1 saturated carbocycles. The van der Waals surface area contributed by atoms with Gasteiger partial charge in [0.15, 0.2) is 11.7 Å². The number of nitrogens with one attached hydrogen (secondary N) is 1. The van der Waals surface area contributed by atoms with E-state index in [-0.39, 0.29) is 18.4 Å². The topological polar surface area (TPSA) is 90.3 Å². The minimum absolute atomic E-state index is 0.0347. The minimum atomic E-state index is -1.39. The maximum absolute atomic E-state index is 12.8. The molecule has 0 spiro atoms. The molecule has 1 N–H and O–H groups in total. The molecule has 2 atom stereocenters. The number of hydrogen-bond donors (Lipinski definition) is 1. The standard InChI is InChI=1S/C21H25N3O3/c1-2-14-7-9-16(10-8-14)23-21(27)18(12-22)20(26)15-11-19(25)24(13-15)17-5-3-4-6-17/h7-10,15,17-18H,2-6,11,13H2,1H3,(H,23,27)/t15-,18-/m0/s1. The van der Waals surface area contributed by atoms with Crippen LogP contribution in [0.2, 0.25) is 0 Å². The Morgan fingerprint density at radius 2 is 1.93 bits per heavy atom. The highest BCUT2D eigenvalue weighted by Gasteiger charge is 2.42. The predicted octanol–water partition coefficient (Wildman–Crippen LogP) is 2.69. The summed E-state index contributed by atoms with van der Waals surface area (Å²) in [5.74, 6) is -3.08. The van der Waals surface area contributed by atoms with Crippen LogP contribution in [-0.4, -0.2) is 35.1 Å². The number of likely N-dealkylation sites (tertiary alicyclic amines) is 1. The van der Waals surface area contributed by atoms with Crippen LogP contribution < -0.4 is 5.32 Å². The van der Waals surface area contributed by atoms with E-state index in [0.29, 0.717) is 12.2 Å². The van der Waals surface area contributed by atoms with E-state index in [1.807, 2.05) is 25.1 Å².